The smallest absolute Gasteiger partial charge is 0.316 e. The van der Waals surface area contributed by atoms with Gasteiger partial charge in [0.2, 0.25) is 0 Å². The maximum atomic E-state index is 12.0. The lowest BCUT2D eigenvalue weighted by molar-refractivity contribution is -0.137. The number of nitrogens with zero attached hydrogens (tertiary/aromatic N) is 2. The Labute approximate surface area is 132 Å². The third kappa shape index (κ3) is 3.94. The normalized spacial score (nSPS) is 12.2. The molecule has 0 saturated carbocycles. The van der Waals surface area contributed by atoms with E-state index in [0.29, 0.717) is 0 Å². The number of rotatable bonds is 6. The molecule has 122 valence electrons. The van der Waals surface area contributed by atoms with E-state index < -0.39 is 28.3 Å². The van der Waals surface area contributed by atoms with Crippen LogP contribution < -0.4 is 11.1 Å². The van der Waals surface area contributed by atoms with Gasteiger partial charge in [-0.15, -0.1) is 0 Å². The zero-order chi connectivity index (χ0) is 17.1. The first-order chi connectivity index (χ1) is 10.8. The molecule has 0 aliphatic rings. The van der Waals surface area contributed by atoms with Crippen molar-refractivity contribution in [2.75, 3.05) is 0 Å². The van der Waals surface area contributed by atoms with Crippen LogP contribution in [0.1, 0.15) is 19.0 Å². The number of nitrogens with one attached hydrogen (secondary N) is 2. The van der Waals surface area contributed by atoms with Crippen molar-refractivity contribution in [1.82, 2.24) is 19.9 Å². The fourth-order valence-corrected chi connectivity index (χ4v) is 2.40. The first-order valence-electron chi connectivity index (χ1n) is 6.42. The zero-order valence-electron chi connectivity index (χ0n) is 11.8. The lowest BCUT2D eigenvalue weighted by Crippen LogP contribution is -2.22. The molecule has 0 aromatic carbocycles. The maximum Gasteiger partial charge on any atom is 0.316 e. The van der Waals surface area contributed by atoms with Gasteiger partial charge < -0.3 is 15.2 Å². The number of aromatic amines is 2. The molecule has 0 fully saturated rings. The lowest BCUT2D eigenvalue weighted by atomic mass is 10.2. The Bertz CT molecular complexity index is 889. The van der Waals surface area contributed by atoms with E-state index in [1.807, 2.05) is 0 Å². The van der Waals surface area contributed by atoms with Crippen molar-refractivity contribution >= 4 is 34.9 Å². The Hall–Kier alpha value is -2.69. The third-order valence-electron chi connectivity index (χ3n) is 2.83. The van der Waals surface area contributed by atoms with Gasteiger partial charge in [0, 0.05) is 6.42 Å². The number of aromatic nitrogens is 4. The first-order valence-corrected chi connectivity index (χ1v) is 7.30. The van der Waals surface area contributed by atoms with Crippen molar-refractivity contribution in [1.29, 1.82) is 0 Å². The van der Waals surface area contributed by atoms with Gasteiger partial charge in [-0.25, -0.2) is 9.97 Å². The molecule has 2 heterocycles. The molecule has 11 heteroatoms. The van der Waals surface area contributed by atoms with Gasteiger partial charge in [-0.1, -0.05) is 11.8 Å². The number of aryl methyl sites for hydroxylation is 1. The van der Waals surface area contributed by atoms with Crippen LogP contribution in [-0.2, 0) is 16.0 Å². The number of carboxylic acid groups (broad SMARTS) is 2. The van der Waals surface area contributed by atoms with Gasteiger partial charge in [0.1, 0.15) is 10.9 Å². The fourth-order valence-electron chi connectivity index (χ4n) is 1.67. The Morgan fingerprint density at radius 1 is 1.17 bits per heavy atom. The maximum absolute atomic E-state index is 12.0. The number of thioether (sulfide) groups is 1. The highest BCUT2D eigenvalue weighted by atomic mass is 32.2. The molecular weight excluding hydrogens is 328 g/mol. The van der Waals surface area contributed by atoms with Gasteiger partial charge in [0.05, 0.1) is 6.42 Å². The third-order valence-corrected chi connectivity index (χ3v) is 3.80. The van der Waals surface area contributed by atoms with Gasteiger partial charge >= 0.3 is 11.9 Å². The van der Waals surface area contributed by atoms with Crippen molar-refractivity contribution < 1.29 is 19.8 Å². The number of carboxylic acids is 2. The Morgan fingerprint density at radius 2 is 1.87 bits per heavy atom. The largest absolute Gasteiger partial charge is 0.481 e. The number of hydrogen-bond donors (Lipinski definition) is 4. The molecule has 1 atom stereocenters. The summed E-state index contributed by atoms with van der Waals surface area (Å²) in [5.74, 6) is -2.17. The van der Waals surface area contributed by atoms with Crippen molar-refractivity contribution in [2.24, 2.45) is 0 Å². The monoisotopic (exact) mass is 340 g/mol. The van der Waals surface area contributed by atoms with Crippen molar-refractivity contribution in [3.05, 3.63) is 26.4 Å². The highest BCUT2D eigenvalue weighted by molar-refractivity contribution is 8.00. The predicted molar refractivity (Wildman–Crippen MR) is 79.7 cm³/mol. The Balaban J connectivity index is 2.44. The van der Waals surface area contributed by atoms with Gasteiger partial charge in [0.25, 0.3) is 11.1 Å². The highest BCUT2D eigenvalue weighted by Gasteiger charge is 2.16. The molecule has 2 aromatic rings. The molecule has 23 heavy (non-hydrogen) atoms. The first kappa shape index (κ1) is 16.7. The van der Waals surface area contributed by atoms with Crippen LogP contribution >= 0.6 is 11.8 Å². The number of carbonyl (C=O) groups is 2. The average molecular weight is 340 g/mol. The Morgan fingerprint density at radius 3 is 2.48 bits per heavy atom. The average Bonchev–Trinajstić information content (AvgIpc) is 2.45. The molecule has 0 saturated heterocycles. The number of fused-ring (bicyclic) bond motifs is 1. The van der Waals surface area contributed by atoms with Gasteiger partial charge in [-0.05, 0) is 6.92 Å². The zero-order valence-corrected chi connectivity index (χ0v) is 12.6. The molecule has 1 unspecified atom stereocenters. The molecule has 2 rings (SSSR count). The van der Waals surface area contributed by atoms with Crippen LogP contribution in [0.15, 0.2) is 14.7 Å². The van der Waals surface area contributed by atoms with Crippen LogP contribution in [0, 0.1) is 0 Å². The molecule has 0 radical (unpaired) electrons. The topological polar surface area (TPSA) is 166 Å². The molecule has 2 aromatic heterocycles. The summed E-state index contributed by atoms with van der Waals surface area (Å²) in [6.07, 6.45) is -0.413. The minimum atomic E-state index is -1.09. The van der Waals surface area contributed by atoms with Gasteiger partial charge in [-0.3, -0.25) is 24.2 Å². The summed E-state index contributed by atoms with van der Waals surface area (Å²) in [7, 11) is 0. The van der Waals surface area contributed by atoms with E-state index in [0.717, 1.165) is 11.8 Å². The van der Waals surface area contributed by atoms with Gasteiger partial charge in [-0.2, -0.15) is 0 Å². The summed E-state index contributed by atoms with van der Waals surface area (Å²) in [5, 5.41) is 16.7. The van der Waals surface area contributed by atoms with E-state index in [9.17, 15) is 19.2 Å². The molecule has 0 spiro atoms. The van der Waals surface area contributed by atoms with Crippen molar-refractivity contribution in [3.8, 4) is 0 Å². The van der Waals surface area contributed by atoms with E-state index in [4.69, 9.17) is 10.2 Å². The van der Waals surface area contributed by atoms with Crippen molar-refractivity contribution in [2.45, 2.75) is 30.2 Å². The van der Waals surface area contributed by atoms with E-state index in [1.165, 1.54) is 6.92 Å². The summed E-state index contributed by atoms with van der Waals surface area (Å²) >= 11 is 0.811. The summed E-state index contributed by atoms with van der Waals surface area (Å²) < 4.78 is 0. The van der Waals surface area contributed by atoms with Crippen LogP contribution in [0.2, 0.25) is 0 Å². The Kier molecular flexibility index (Phi) is 4.79. The fraction of sp³-hybridized carbons (Fsp3) is 0.333. The van der Waals surface area contributed by atoms with Crippen LogP contribution in [0.25, 0.3) is 11.2 Å². The SMILES string of the molecule is CC(Sc1nc2[nH]c(=O)c(CCC(=O)O)nc2c(=O)[nH]1)C(=O)O. The van der Waals surface area contributed by atoms with E-state index in [-0.39, 0.29) is 34.9 Å². The second-order valence-electron chi connectivity index (χ2n) is 4.57. The number of H-pyrrole nitrogens is 2. The highest BCUT2D eigenvalue weighted by Crippen LogP contribution is 2.18. The number of hydrogen-bond acceptors (Lipinski definition) is 7. The predicted octanol–water partition coefficient (Wildman–Crippen LogP) is -0.411. The van der Waals surface area contributed by atoms with Crippen LogP contribution in [0.3, 0.4) is 0 Å². The van der Waals surface area contributed by atoms with E-state index >= 15 is 0 Å². The van der Waals surface area contributed by atoms with Crippen LogP contribution in [-0.4, -0.2) is 47.3 Å². The van der Waals surface area contributed by atoms with Crippen LogP contribution in [0.4, 0.5) is 0 Å². The van der Waals surface area contributed by atoms with Gasteiger partial charge in [0.15, 0.2) is 16.3 Å². The van der Waals surface area contributed by atoms with E-state index in [1.54, 1.807) is 0 Å². The molecule has 0 aliphatic carbocycles. The number of aliphatic carboxylic acids is 2. The standard InChI is InChI=1S/C12H12N4O6S/c1-4(11(21)22)23-12-15-8-7(10(20)16-12)13-5(9(19)14-8)2-3-6(17)18/h4H,2-3H2,1H3,(H,17,18)(H,21,22)(H2,14,15,16,19,20). The summed E-state index contributed by atoms with van der Waals surface area (Å²) in [6.45, 7) is 1.42. The second kappa shape index (κ2) is 6.60. The molecule has 0 bridgehead atoms. The lowest BCUT2D eigenvalue weighted by Gasteiger charge is -2.06. The van der Waals surface area contributed by atoms with Crippen molar-refractivity contribution in [3.63, 3.8) is 0 Å². The molecular formula is C12H12N4O6S. The summed E-state index contributed by atoms with van der Waals surface area (Å²) in [6, 6.07) is 0. The van der Waals surface area contributed by atoms with E-state index in [2.05, 4.69) is 19.9 Å². The minimum Gasteiger partial charge on any atom is -0.481 e. The molecule has 0 aliphatic heterocycles. The summed E-state index contributed by atoms with van der Waals surface area (Å²) in [4.78, 5) is 57.8. The quantitative estimate of drug-likeness (QED) is 0.403. The second-order valence-corrected chi connectivity index (χ2v) is 5.90. The summed E-state index contributed by atoms with van der Waals surface area (Å²) in [5.41, 5.74) is -1.59. The minimum absolute atomic E-state index is 0.0353. The molecule has 0 amide bonds. The van der Waals surface area contributed by atoms with Crippen LogP contribution in [0.5, 0.6) is 0 Å². The molecule has 10 nitrogen and oxygen atoms in total. The molecule has 4 N–H and O–H groups in total.